The molecule has 100 valence electrons. The number of benzene rings is 1. The van der Waals surface area contributed by atoms with Gasteiger partial charge in [0.1, 0.15) is 11.6 Å². The van der Waals surface area contributed by atoms with E-state index in [4.69, 9.17) is 11.6 Å². The molecule has 0 spiro atoms. The van der Waals surface area contributed by atoms with Crippen molar-refractivity contribution in [1.29, 1.82) is 0 Å². The second-order valence-corrected chi connectivity index (χ2v) is 5.13. The van der Waals surface area contributed by atoms with Gasteiger partial charge in [-0.3, -0.25) is 0 Å². The monoisotopic (exact) mass is 275 g/mol. The van der Waals surface area contributed by atoms with Crippen molar-refractivity contribution in [3.05, 3.63) is 41.2 Å². The maximum Gasteiger partial charge on any atom is 0.133 e. The first-order chi connectivity index (χ1) is 9.10. The highest BCUT2D eigenvalue weighted by Gasteiger charge is 2.09. The largest absolute Gasteiger partial charge is 0.370 e. The van der Waals surface area contributed by atoms with E-state index in [0.29, 0.717) is 5.02 Å². The summed E-state index contributed by atoms with van der Waals surface area (Å²) in [6, 6.07) is 9.68. The molecular formula is C15H18ClN3. The molecule has 1 aromatic heterocycles. The van der Waals surface area contributed by atoms with Gasteiger partial charge in [-0.15, -0.1) is 0 Å². The lowest BCUT2D eigenvalue weighted by molar-refractivity contribution is 0.776. The smallest absolute Gasteiger partial charge is 0.133 e. The predicted octanol–water partition coefficient (Wildman–Crippen LogP) is 4.35. The average molecular weight is 276 g/mol. The second-order valence-electron chi connectivity index (χ2n) is 4.69. The molecule has 1 aromatic carbocycles. The lowest BCUT2D eigenvalue weighted by Crippen LogP contribution is -2.05. The molecule has 4 heteroatoms. The molecule has 3 nitrogen and oxygen atoms in total. The summed E-state index contributed by atoms with van der Waals surface area (Å²) in [6.07, 6.45) is 0. The number of nitrogens with zero attached hydrogens (tertiary/aromatic N) is 2. The number of anilines is 1. The van der Waals surface area contributed by atoms with Crippen LogP contribution in [0.4, 0.5) is 5.82 Å². The van der Waals surface area contributed by atoms with Gasteiger partial charge >= 0.3 is 0 Å². The molecule has 0 radical (unpaired) electrons. The number of hydrogen-bond donors (Lipinski definition) is 1. The Morgan fingerprint density at radius 1 is 1.21 bits per heavy atom. The van der Waals surface area contributed by atoms with Crippen molar-refractivity contribution in [3.63, 3.8) is 0 Å². The molecule has 2 aromatic rings. The Labute approximate surface area is 119 Å². The topological polar surface area (TPSA) is 37.8 Å². The zero-order valence-corrected chi connectivity index (χ0v) is 12.2. The van der Waals surface area contributed by atoms with Crippen LogP contribution in [0.5, 0.6) is 0 Å². The summed E-state index contributed by atoms with van der Waals surface area (Å²) in [4.78, 5) is 9.13. The van der Waals surface area contributed by atoms with Crippen molar-refractivity contribution in [1.82, 2.24) is 9.97 Å². The minimum atomic E-state index is 0.288. The van der Waals surface area contributed by atoms with Crippen LogP contribution in [0.25, 0.3) is 11.3 Å². The maximum absolute atomic E-state index is 6.04. The van der Waals surface area contributed by atoms with Gasteiger partial charge in [0.05, 0.1) is 5.69 Å². The molecule has 19 heavy (non-hydrogen) atoms. The number of nitrogens with one attached hydrogen (secondary N) is 1. The van der Waals surface area contributed by atoms with Crippen LogP contribution in [-0.4, -0.2) is 16.5 Å². The van der Waals surface area contributed by atoms with Crippen molar-refractivity contribution in [2.75, 3.05) is 11.9 Å². The first-order valence-corrected chi connectivity index (χ1v) is 6.86. The third-order valence-corrected chi connectivity index (χ3v) is 2.97. The minimum Gasteiger partial charge on any atom is -0.370 e. The Morgan fingerprint density at radius 3 is 2.63 bits per heavy atom. The van der Waals surface area contributed by atoms with Gasteiger partial charge in [-0.05, 0) is 19.1 Å². The van der Waals surface area contributed by atoms with Crippen LogP contribution in [-0.2, 0) is 0 Å². The highest BCUT2D eigenvalue weighted by atomic mass is 35.5. The average Bonchev–Trinajstić information content (AvgIpc) is 2.38. The summed E-state index contributed by atoms with van der Waals surface area (Å²) in [5, 5.41) is 3.96. The molecule has 0 aliphatic carbocycles. The zero-order valence-electron chi connectivity index (χ0n) is 11.4. The van der Waals surface area contributed by atoms with Gasteiger partial charge in [-0.25, -0.2) is 9.97 Å². The molecule has 0 fully saturated rings. The van der Waals surface area contributed by atoms with E-state index in [9.17, 15) is 0 Å². The molecule has 0 bridgehead atoms. The van der Waals surface area contributed by atoms with Gasteiger partial charge in [0.2, 0.25) is 0 Å². The van der Waals surface area contributed by atoms with E-state index >= 15 is 0 Å². The van der Waals surface area contributed by atoms with Crippen LogP contribution in [0.15, 0.2) is 30.3 Å². The van der Waals surface area contributed by atoms with E-state index in [1.54, 1.807) is 0 Å². The van der Waals surface area contributed by atoms with Crippen LogP contribution < -0.4 is 5.32 Å². The van der Waals surface area contributed by atoms with Crippen molar-refractivity contribution in [2.24, 2.45) is 0 Å². The maximum atomic E-state index is 6.04. The SMILES string of the molecule is CCNc1cc(-c2cccc(Cl)c2)nc(C(C)C)n1. The Bertz CT molecular complexity index is 567. The van der Waals surface area contributed by atoms with Gasteiger partial charge in [0, 0.05) is 29.1 Å². The van der Waals surface area contributed by atoms with E-state index in [1.165, 1.54) is 0 Å². The van der Waals surface area contributed by atoms with Crippen molar-refractivity contribution < 1.29 is 0 Å². The zero-order chi connectivity index (χ0) is 13.8. The highest BCUT2D eigenvalue weighted by Crippen LogP contribution is 2.24. The fourth-order valence-electron chi connectivity index (χ4n) is 1.79. The minimum absolute atomic E-state index is 0.288. The van der Waals surface area contributed by atoms with E-state index in [-0.39, 0.29) is 5.92 Å². The Balaban J connectivity index is 2.49. The van der Waals surface area contributed by atoms with Gasteiger partial charge in [0.25, 0.3) is 0 Å². The number of hydrogen-bond acceptors (Lipinski definition) is 3. The summed E-state index contributed by atoms with van der Waals surface area (Å²) in [7, 11) is 0. The number of halogens is 1. The fourth-order valence-corrected chi connectivity index (χ4v) is 1.98. The van der Waals surface area contributed by atoms with Crippen molar-refractivity contribution in [3.8, 4) is 11.3 Å². The van der Waals surface area contributed by atoms with Crippen molar-refractivity contribution >= 4 is 17.4 Å². The molecule has 1 N–H and O–H groups in total. The van der Waals surface area contributed by atoms with Crippen LogP contribution >= 0.6 is 11.6 Å². The third-order valence-electron chi connectivity index (χ3n) is 2.74. The molecule has 0 atom stereocenters. The Morgan fingerprint density at radius 2 is 2.00 bits per heavy atom. The molecule has 0 saturated carbocycles. The van der Waals surface area contributed by atoms with Crippen LogP contribution in [0, 0.1) is 0 Å². The van der Waals surface area contributed by atoms with E-state index in [1.807, 2.05) is 30.3 Å². The molecule has 2 rings (SSSR count). The number of rotatable bonds is 4. The van der Waals surface area contributed by atoms with Gasteiger partial charge in [-0.1, -0.05) is 37.6 Å². The second kappa shape index (κ2) is 6.02. The third kappa shape index (κ3) is 3.44. The molecular weight excluding hydrogens is 258 g/mol. The summed E-state index contributed by atoms with van der Waals surface area (Å²) >= 11 is 6.04. The predicted molar refractivity (Wildman–Crippen MR) is 80.7 cm³/mol. The first-order valence-electron chi connectivity index (χ1n) is 6.49. The summed E-state index contributed by atoms with van der Waals surface area (Å²) in [5.41, 5.74) is 1.91. The summed E-state index contributed by atoms with van der Waals surface area (Å²) in [6.45, 7) is 7.07. The molecule has 0 amide bonds. The Hall–Kier alpha value is -1.61. The standard InChI is InChI=1S/C15H18ClN3/c1-4-17-14-9-13(18-15(19-14)10(2)3)11-6-5-7-12(16)8-11/h5-10H,4H2,1-3H3,(H,17,18,19). The van der Waals surface area contributed by atoms with Crippen molar-refractivity contribution in [2.45, 2.75) is 26.7 Å². The van der Waals surface area contributed by atoms with Crippen LogP contribution in [0.1, 0.15) is 32.5 Å². The molecule has 0 saturated heterocycles. The van der Waals surface area contributed by atoms with Crippen LogP contribution in [0.3, 0.4) is 0 Å². The van der Waals surface area contributed by atoms with E-state index < -0.39 is 0 Å². The molecule has 0 aliphatic rings. The van der Waals surface area contributed by atoms with E-state index in [0.717, 1.165) is 29.4 Å². The van der Waals surface area contributed by atoms with Gasteiger partial charge in [-0.2, -0.15) is 0 Å². The van der Waals surface area contributed by atoms with Gasteiger partial charge < -0.3 is 5.32 Å². The number of aromatic nitrogens is 2. The Kier molecular flexibility index (Phi) is 4.38. The molecule has 0 unspecified atom stereocenters. The lowest BCUT2D eigenvalue weighted by Gasteiger charge is -2.11. The highest BCUT2D eigenvalue weighted by molar-refractivity contribution is 6.30. The molecule has 0 aliphatic heterocycles. The van der Waals surface area contributed by atoms with Crippen LogP contribution in [0.2, 0.25) is 5.02 Å². The summed E-state index contributed by atoms with van der Waals surface area (Å²) < 4.78 is 0. The summed E-state index contributed by atoms with van der Waals surface area (Å²) in [5.74, 6) is 1.99. The first kappa shape index (κ1) is 13.8. The fraction of sp³-hybridized carbons (Fsp3) is 0.333. The normalized spacial score (nSPS) is 10.8. The van der Waals surface area contributed by atoms with Gasteiger partial charge in [0.15, 0.2) is 0 Å². The van der Waals surface area contributed by atoms with E-state index in [2.05, 4.69) is 36.1 Å². The molecule has 1 heterocycles. The quantitative estimate of drug-likeness (QED) is 0.901. The lowest BCUT2D eigenvalue weighted by atomic mass is 10.1.